The van der Waals surface area contributed by atoms with Crippen LogP contribution in [0.4, 0.5) is 0 Å². The zero-order valence-corrected chi connectivity index (χ0v) is 47.5. The number of fused-ring (bicyclic) bond motifs is 6. The molecule has 432 valence electrons. The molecule has 0 bridgehead atoms. The SMILES string of the molecule is C=CC(=O)O[C@H](CCCCC)CCC1[C@H]2Cc3cccc(OCC(=O)OC)c3C[C@H]2C[C@H]1OC(=O)C=C.C=Cc1ccccc1.CCCCC[C@H]1CC[C@@H]2[C@H]3Cc4cccc(OCC(=O)OC)c4C[C@H]3C[C@H]2OC(=O)/C=C\C(=O)O1. The monoisotopic (exact) mass is 1100 g/mol. The molecule has 4 aliphatic carbocycles. The van der Waals surface area contributed by atoms with Crippen LogP contribution in [0.5, 0.6) is 11.5 Å². The van der Waals surface area contributed by atoms with Gasteiger partial charge >= 0.3 is 35.8 Å². The highest BCUT2D eigenvalue weighted by molar-refractivity contribution is 5.91. The molecule has 0 amide bonds. The third kappa shape index (κ3) is 18.3. The Morgan fingerprint density at radius 3 is 1.79 bits per heavy atom. The number of unbranched alkanes of at least 4 members (excludes halogenated alkanes) is 4. The van der Waals surface area contributed by atoms with E-state index in [0.29, 0.717) is 35.8 Å². The second-order valence-electron chi connectivity index (χ2n) is 21.6. The van der Waals surface area contributed by atoms with Crippen LogP contribution < -0.4 is 9.47 Å². The molecule has 80 heavy (non-hydrogen) atoms. The summed E-state index contributed by atoms with van der Waals surface area (Å²) < 4.78 is 44.1. The number of hydrogen-bond acceptors (Lipinski definition) is 14. The van der Waals surface area contributed by atoms with Gasteiger partial charge in [0.1, 0.15) is 35.9 Å². The van der Waals surface area contributed by atoms with Crippen LogP contribution in [0.2, 0.25) is 0 Å². The average molecular weight is 1100 g/mol. The van der Waals surface area contributed by atoms with Crippen molar-refractivity contribution in [3.8, 4) is 11.5 Å². The molecule has 3 aromatic rings. The first kappa shape index (κ1) is 62.2. The molecule has 1 unspecified atom stereocenters. The Labute approximate surface area is 473 Å². The van der Waals surface area contributed by atoms with Crippen molar-refractivity contribution in [3.63, 3.8) is 0 Å². The molecule has 1 aliphatic heterocycles. The van der Waals surface area contributed by atoms with Crippen LogP contribution in [0.1, 0.15) is 132 Å². The Kier molecular flexibility index (Phi) is 25.2. The largest absolute Gasteiger partial charge is 0.482 e. The molecule has 14 nitrogen and oxygen atoms in total. The van der Waals surface area contributed by atoms with E-state index in [2.05, 4.69) is 45.7 Å². The van der Waals surface area contributed by atoms with Crippen LogP contribution in [0, 0.1) is 35.5 Å². The molecule has 14 heteroatoms. The number of methoxy groups -OCH3 is 2. The molecule has 10 atom stereocenters. The number of hydrogen-bond donors (Lipinski definition) is 0. The van der Waals surface area contributed by atoms with E-state index in [9.17, 15) is 28.8 Å². The highest BCUT2D eigenvalue weighted by atomic mass is 16.6. The highest BCUT2D eigenvalue weighted by Crippen LogP contribution is 2.51. The molecule has 0 saturated heterocycles. The maximum atomic E-state index is 12.5. The zero-order valence-electron chi connectivity index (χ0n) is 47.5. The lowest BCUT2D eigenvalue weighted by atomic mass is 9.73. The van der Waals surface area contributed by atoms with Gasteiger partial charge in [-0.05, 0) is 165 Å². The Balaban J connectivity index is 0.000000226. The topological polar surface area (TPSA) is 176 Å². The minimum Gasteiger partial charge on any atom is -0.482 e. The van der Waals surface area contributed by atoms with Crippen molar-refractivity contribution < 1.29 is 66.7 Å². The minimum atomic E-state index is -0.486. The summed E-state index contributed by atoms with van der Waals surface area (Å²) in [5.74, 6) is 0.594. The third-order valence-corrected chi connectivity index (χ3v) is 16.5. The molecule has 3 aromatic carbocycles. The van der Waals surface area contributed by atoms with E-state index in [1.54, 1.807) is 0 Å². The zero-order chi connectivity index (χ0) is 57.4. The van der Waals surface area contributed by atoms with Crippen LogP contribution in [0.3, 0.4) is 0 Å². The summed E-state index contributed by atoms with van der Waals surface area (Å²) in [5, 5.41) is 0. The van der Waals surface area contributed by atoms with Crippen molar-refractivity contribution in [1.29, 1.82) is 0 Å². The molecular weight excluding hydrogens is 1020 g/mol. The quantitative estimate of drug-likeness (QED) is 0.0402. The second kappa shape index (κ2) is 32.3. The van der Waals surface area contributed by atoms with Gasteiger partial charge in [-0.15, -0.1) is 0 Å². The molecule has 0 aromatic heterocycles. The van der Waals surface area contributed by atoms with Crippen molar-refractivity contribution >= 4 is 41.9 Å². The van der Waals surface area contributed by atoms with Crippen LogP contribution in [-0.4, -0.2) is 87.7 Å². The van der Waals surface area contributed by atoms with Crippen LogP contribution in [0.25, 0.3) is 6.08 Å². The lowest BCUT2D eigenvalue weighted by Crippen LogP contribution is -2.30. The summed E-state index contributed by atoms with van der Waals surface area (Å²) in [4.78, 5) is 72.0. The van der Waals surface area contributed by atoms with Crippen molar-refractivity contribution in [3.05, 3.63) is 139 Å². The summed E-state index contributed by atoms with van der Waals surface area (Å²) in [6.45, 7) is 14.8. The second-order valence-corrected chi connectivity index (χ2v) is 21.6. The number of ether oxygens (including phenoxy) is 8. The summed E-state index contributed by atoms with van der Waals surface area (Å²) in [6.07, 6.45) is 22.1. The van der Waals surface area contributed by atoms with E-state index in [4.69, 9.17) is 37.9 Å². The van der Waals surface area contributed by atoms with Gasteiger partial charge in [-0.3, -0.25) is 0 Å². The first-order chi connectivity index (χ1) is 38.8. The number of benzene rings is 3. The van der Waals surface area contributed by atoms with E-state index in [1.807, 2.05) is 60.7 Å². The summed E-state index contributed by atoms with van der Waals surface area (Å²) in [5.41, 5.74) is 5.84. The predicted molar refractivity (Wildman–Crippen MR) is 305 cm³/mol. The lowest BCUT2D eigenvalue weighted by molar-refractivity contribution is -0.146. The predicted octanol–water partition coefficient (Wildman–Crippen LogP) is 11.8. The van der Waals surface area contributed by atoms with Crippen molar-refractivity contribution in [2.24, 2.45) is 35.5 Å². The average Bonchev–Trinajstić information content (AvgIpc) is 3.99. The molecular formula is C66H84O14. The van der Waals surface area contributed by atoms with Gasteiger partial charge in [-0.1, -0.05) is 120 Å². The highest BCUT2D eigenvalue weighted by Gasteiger charge is 2.49. The molecule has 0 N–H and O–H groups in total. The fourth-order valence-electron chi connectivity index (χ4n) is 12.5. The number of carbonyl (C=O) groups is 6. The van der Waals surface area contributed by atoms with Crippen LogP contribution in [0.15, 0.2) is 111 Å². The lowest BCUT2D eigenvalue weighted by Gasteiger charge is -2.33. The minimum absolute atomic E-state index is 0.117. The van der Waals surface area contributed by atoms with Gasteiger partial charge in [0.05, 0.1) is 14.2 Å². The first-order valence-electron chi connectivity index (χ1n) is 28.8. The fraction of sp³-hybridized carbons (Fsp3) is 0.515. The Bertz CT molecular complexity index is 2590. The third-order valence-electron chi connectivity index (χ3n) is 16.5. The molecule has 2 saturated carbocycles. The number of esters is 6. The van der Waals surface area contributed by atoms with E-state index in [-0.39, 0.29) is 49.5 Å². The van der Waals surface area contributed by atoms with Gasteiger partial charge in [0, 0.05) is 24.3 Å². The van der Waals surface area contributed by atoms with Gasteiger partial charge in [0.2, 0.25) is 0 Å². The number of cyclic esters (lactones) is 1. The van der Waals surface area contributed by atoms with E-state index < -0.39 is 35.8 Å². The molecule has 0 spiro atoms. The van der Waals surface area contributed by atoms with Crippen molar-refractivity contribution in [1.82, 2.24) is 0 Å². The van der Waals surface area contributed by atoms with E-state index in [0.717, 1.165) is 126 Å². The number of rotatable bonds is 22. The van der Waals surface area contributed by atoms with E-state index >= 15 is 0 Å². The Morgan fingerprint density at radius 1 is 0.625 bits per heavy atom. The molecule has 0 radical (unpaired) electrons. The Hall–Kier alpha value is -6.96. The van der Waals surface area contributed by atoms with E-state index in [1.165, 1.54) is 55.2 Å². The number of carbonyl (C=O) groups excluding carboxylic acids is 6. The maximum Gasteiger partial charge on any atom is 0.343 e. The maximum absolute atomic E-state index is 12.5. The summed E-state index contributed by atoms with van der Waals surface area (Å²) >= 11 is 0. The molecule has 5 aliphatic rings. The molecule has 8 rings (SSSR count). The van der Waals surface area contributed by atoms with Crippen molar-refractivity contribution in [2.75, 3.05) is 27.4 Å². The normalized spacial score (nSPS) is 24.0. The summed E-state index contributed by atoms with van der Waals surface area (Å²) in [6, 6.07) is 22.0. The molecule has 1 heterocycles. The van der Waals surface area contributed by atoms with Crippen molar-refractivity contribution in [2.45, 2.75) is 154 Å². The summed E-state index contributed by atoms with van der Waals surface area (Å²) in [7, 11) is 2.69. The first-order valence-corrected chi connectivity index (χ1v) is 28.8. The van der Waals surface area contributed by atoms with Gasteiger partial charge in [0.25, 0.3) is 0 Å². The fourth-order valence-corrected chi connectivity index (χ4v) is 12.5. The smallest absolute Gasteiger partial charge is 0.343 e. The van der Waals surface area contributed by atoms with Gasteiger partial charge in [-0.25, -0.2) is 28.8 Å². The van der Waals surface area contributed by atoms with Crippen LogP contribution in [-0.2, 0) is 82.9 Å². The van der Waals surface area contributed by atoms with Gasteiger partial charge in [-0.2, -0.15) is 0 Å². The Morgan fingerprint density at radius 2 is 1.21 bits per heavy atom. The molecule has 2 fully saturated rings. The van der Waals surface area contributed by atoms with Crippen LogP contribution >= 0.6 is 0 Å². The van der Waals surface area contributed by atoms with Gasteiger partial charge < -0.3 is 37.9 Å². The van der Waals surface area contributed by atoms with Gasteiger partial charge in [0.15, 0.2) is 13.2 Å². The standard InChI is InChI=1S/C30H40O7.C28H36O7.C8H8/c1-5-8-9-12-22(36-28(31)6-2)14-15-23-24-16-20-11-10-13-26(35-19-30(33)34-4)25(20)17-21(24)18-27(23)37-29(32)7-3;1-3-4-5-8-20-10-11-21-22-14-18-7-6-9-24(33-17-28(31)32-2)23(18)15-19(22)16-25(21)35-27(30)13-12-26(29)34-20;1-2-8-6-4-3-5-7-8/h6-7,10-11,13,21-24,27H,2-3,5,8-9,12,14-19H2,1,4H3;6-7,9,12-13,19-22,25H,3-5,8,10-11,14-17H2,1-2H3;2-7H,1H2/b;13-12-;/t21-,22+,23?,24-,27+;19-,20-,21+,22-,25+;/m00./s1.